The van der Waals surface area contributed by atoms with E-state index in [2.05, 4.69) is 24.5 Å². The molecule has 0 aliphatic heterocycles. The fourth-order valence-corrected chi connectivity index (χ4v) is 6.32. The molecule has 0 heterocycles. The van der Waals surface area contributed by atoms with Gasteiger partial charge in [0.25, 0.3) is 5.91 Å². The number of ether oxygens (including phenoxy) is 1. The van der Waals surface area contributed by atoms with Crippen LogP contribution >= 0.6 is 0 Å². The van der Waals surface area contributed by atoms with Crippen LogP contribution in [-0.2, 0) is 11.3 Å². The molecule has 0 aromatic heterocycles. The van der Waals surface area contributed by atoms with Gasteiger partial charge in [0.1, 0.15) is 12.3 Å². The van der Waals surface area contributed by atoms with Gasteiger partial charge in [0, 0.05) is 12.1 Å². The SMILES string of the molecule is COc1cccc(C[NH+](C)CC(=O)NCC23CC4CC(CC(C4)C2)C3)c1. The summed E-state index contributed by atoms with van der Waals surface area (Å²) < 4.78 is 5.28. The zero-order valence-electron chi connectivity index (χ0n) is 16.2. The normalized spacial score (nSPS) is 33.1. The second kappa shape index (κ2) is 7.22. The number of carbonyl (C=O) groups excluding carboxylic acids is 1. The molecule has 142 valence electrons. The van der Waals surface area contributed by atoms with E-state index in [0.717, 1.165) is 36.6 Å². The minimum Gasteiger partial charge on any atom is -0.497 e. The quantitative estimate of drug-likeness (QED) is 0.784. The first-order valence-corrected chi connectivity index (χ1v) is 10.2. The van der Waals surface area contributed by atoms with Crippen molar-refractivity contribution in [2.24, 2.45) is 23.2 Å². The van der Waals surface area contributed by atoms with Crippen molar-refractivity contribution in [2.75, 3.05) is 27.2 Å². The first-order chi connectivity index (χ1) is 12.5. The molecule has 1 amide bonds. The van der Waals surface area contributed by atoms with Crippen LogP contribution in [0.25, 0.3) is 0 Å². The maximum atomic E-state index is 12.5. The average Bonchev–Trinajstić information content (AvgIpc) is 2.59. The molecule has 0 saturated heterocycles. The van der Waals surface area contributed by atoms with E-state index in [-0.39, 0.29) is 5.91 Å². The van der Waals surface area contributed by atoms with Crippen LogP contribution in [0.15, 0.2) is 24.3 Å². The highest BCUT2D eigenvalue weighted by Crippen LogP contribution is 2.59. The van der Waals surface area contributed by atoms with Crippen LogP contribution in [0, 0.1) is 23.2 Å². The van der Waals surface area contributed by atoms with Gasteiger partial charge in [0.15, 0.2) is 6.54 Å². The number of rotatable bonds is 7. The molecule has 4 aliphatic carbocycles. The molecule has 4 bridgehead atoms. The van der Waals surface area contributed by atoms with Crippen LogP contribution in [0.4, 0.5) is 0 Å². The van der Waals surface area contributed by atoms with E-state index in [1.54, 1.807) is 7.11 Å². The molecule has 4 fully saturated rings. The van der Waals surface area contributed by atoms with Gasteiger partial charge in [-0.1, -0.05) is 12.1 Å². The van der Waals surface area contributed by atoms with Gasteiger partial charge in [-0.3, -0.25) is 4.79 Å². The largest absolute Gasteiger partial charge is 0.497 e. The van der Waals surface area contributed by atoms with E-state index in [1.165, 1.54) is 49.0 Å². The van der Waals surface area contributed by atoms with Crippen molar-refractivity contribution in [1.82, 2.24) is 5.32 Å². The van der Waals surface area contributed by atoms with Crippen molar-refractivity contribution in [2.45, 2.75) is 45.1 Å². The fourth-order valence-electron chi connectivity index (χ4n) is 6.32. The van der Waals surface area contributed by atoms with E-state index >= 15 is 0 Å². The van der Waals surface area contributed by atoms with Crippen molar-refractivity contribution < 1.29 is 14.4 Å². The zero-order chi connectivity index (χ0) is 18.1. The number of carbonyl (C=O) groups is 1. The summed E-state index contributed by atoms with van der Waals surface area (Å²) in [5, 5.41) is 3.29. The Kier molecular flexibility index (Phi) is 4.96. The monoisotopic (exact) mass is 357 g/mol. The molecule has 1 unspecified atom stereocenters. The Labute approximate surface area is 157 Å². The highest BCUT2D eigenvalue weighted by molar-refractivity contribution is 5.76. The molecular formula is C22H33N2O2+. The van der Waals surface area contributed by atoms with Gasteiger partial charge in [-0.05, 0) is 73.8 Å². The highest BCUT2D eigenvalue weighted by Gasteiger charge is 2.50. The average molecular weight is 358 g/mol. The molecule has 26 heavy (non-hydrogen) atoms. The van der Waals surface area contributed by atoms with Gasteiger partial charge in [-0.15, -0.1) is 0 Å². The second-order valence-electron chi connectivity index (χ2n) is 9.36. The predicted octanol–water partition coefficient (Wildman–Crippen LogP) is 2.04. The summed E-state index contributed by atoms with van der Waals surface area (Å²) in [4.78, 5) is 13.7. The Bertz CT molecular complexity index is 622. The number of amides is 1. The summed E-state index contributed by atoms with van der Waals surface area (Å²) >= 11 is 0. The Morgan fingerprint density at radius 1 is 1.19 bits per heavy atom. The maximum absolute atomic E-state index is 12.5. The lowest BCUT2D eigenvalue weighted by atomic mass is 9.49. The first-order valence-electron chi connectivity index (χ1n) is 10.2. The summed E-state index contributed by atoms with van der Waals surface area (Å²) in [5.41, 5.74) is 1.63. The summed E-state index contributed by atoms with van der Waals surface area (Å²) in [6.45, 7) is 2.27. The topological polar surface area (TPSA) is 42.8 Å². The van der Waals surface area contributed by atoms with Gasteiger partial charge in [-0.2, -0.15) is 0 Å². The number of quaternary nitrogens is 1. The number of hydrogen-bond donors (Lipinski definition) is 2. The molecule has 4 nitrogen and oxygen atoms in total. The van der Waals surface area contributed by atoms with E-state index in [9.17, 15) is 4.79 Å². The number of methoxy groups -OCH3 is 1. The third-order valence-corrected chi connectivity index (χ3v) is 6.93. The molecule has 0 radical (unpaired) electrons. The van der Waals surface area contributed by atoms with Crippen molar-refractivity contribution >= 4 is 5.91 Å². The molecule has 4 saturated carbocycles. The van der Waals surface area contributed by atoms with Crippen molar-refractivity contribution in [3.8, 4) is 5.75 Å². The smallest absolute Gasteiger partial charge is 0.275 e. The van der Waals surface area contributed by atoms with Gasteiger partial charge < -0.3 is 15.0 Å². The number of likely N-dealkylation sites (N-methyl/N-ethyl adjacent to an activating group) is 1. The van der Waals surface area contributed by atoms with Crippen LogP contribution in [0.3, 0.4) is 0 Å². The van der Waals surface area contributed by atoms with Gasteiger partial charge in [-0.25, -0.2) is 0 Å². The minimum absolute atomic E-state index is 0.196. The van der Waals surface area contributed by atoms with Crippen molar-refractivity contribution in [3.05, 3.63) is 29.8 Å². The molecule has 2 N–H and O–H groups in total. The van der Waals surface area contributed by atoms with E-state index in [4.69, 9.17) is 4.74 Å². The molecule has 1 aromatic carbocycles. The number of nitrogens with one attached hydrogen (secondary N) is 2. The maximum Gasteiger partial charge on any atom is 0.275 e. The molecular weight excluding hydrogens is 324 g/mol. The van der Waals surface area contributed by atoms with E-state index < -0.39 is 0 Å². The second-order valence-corrected chi connectivity index (χ2v) is 9.36. The fraction of sp³-hybridized carbons (Fsp3) is 0.682. The van der Waals surface area contributed by atoms with Gasteiger partial charge in [0.2, 0.25) is 0 Å². The third-order valence-electron chi connectivity index (χ3n) is 6.93. The summed E-state index contributed by atoms with van der Waals surface area (Å²) in [5.74, 6) is 3.90. The van der Waals surface area contributed by atoms with Crippen LogP contribution < -0.4 is 15.0 Å². The zero-order valence-corrected chi connectivity index (χ0v) is 16.2. The lowest BCUT2D eigenvalue weighted by Crippen LogP contribution is -3.08. The molecule has 4 aliphatic rings. The first kappa shape index (κ1) is 17.8. The summed E-state index contributed by atoms with van der Waals surface area (Å²) in [7, 11) is 3.78. The molecule has 1 aromatic rings. The van der Waals surface area contributed by atoms with Crippen LogP contribution in [-0.4, -0.2) is 33.2 Å². The van der Waals surface area contributed by atoms with Crippen molar-refractivity contribution in [1.29, 1.82) is 0 Å². The Balaban J connectivity index is 1.26. The molecule has 0 spiro atoms. The van der Waals surface area contributed by atoms with Crippen LogP contribution in [0.1, 0.15) is 44.1 Å². The molecule has 5 rings (SSSR count). The number of benzene rings is 1. The lowest BCUT2D eigenvalue weighted by Gasteiger charge is -2.56. The molecule has 4 heteroatoms. The third kappa shape index (κ3) is 3.90. The summed E-state index contributed by atoms with van der Waals surface area (Å²) in [6, 6.07) is 8.11. The lowest BCUT2D eigenvalue weighted by molar-refractivity contribution is -0.885. The Hall–Kier alpha value is -1.55. The van der Waals surface area contributed by atoms with Crippen LogP contribution in [0.5, 0.6) is 5.75 Å². The minimum atomic E-state index is 0.196. The van der Waals surface area contributed by atoms with Crippen LogP contribution in [0.2, 0.25) is 0 Å². The van der Waals surface area contributed by atoms with E-state index in [0.29, 0.717) is 12.0 Å². The Morgan fingerprint density at radius 3 is 2.46 bits per heavy atom. The molecule has 1 atom stereocenters. The van der Waals surface area contributed by atoms with E-state index in [1.807, 2.05) is 12.1 Å². The van der Waals surface area contributed by atoms with Gasteiger partial charge >= 0.3 is 0 Å². The summed E-state index contributed by atoms with van der Waals surface area (Å²) in [6.07, 6.45) is 8.44. The predicted molar refractivity (Wildman–Crippen MR) is 102 cm³/mol. The Morgan fingerprint density at radius 2 is 1.85 bits per heavy atom. The highest BCUT2D eigenvalue weighted by atomic mass is 16.5. The standard InChI is InChI=1S/C22H32N2O2/c1-24(13-16-4-3-5-20(9-16)26-2)14-21(25)23-15-22-10-17-6-18(11-22)8-19(7-17)12-22/h3-5,9,17-19H,6-8,10-15H2,1-2H3,(H,23,25)/p+1. The van der Waals surface area contributed by atoms with Crippen molar-refractivity contribution in [3.63, 3.8) is 0 Å². The number of hydrogen-bond acceptors (Lipinski definition) is 2. The van der Waals surface area contributed by atoms with Gasteiger partial charge in [0.05, 0.1) is 14.2 Å².